The van der Waals surface area contributed by atoms with Crippen LogP contribution in [-0.2, 0) is 4.79 Å². The quantitative estimate of drug-likeness (QED) is 0.441. The number of phenolic OH excluding ortho intramolecular Hbond substituents is 1. The van der Waals surface area contributed by atoms with E-state index in [2.05, 4.69) is 10.3 Å². The Hall–Kier alpha value is -4.43. The molecule has 7 nitrogen and oxygen atoms in total. The third-order valence-electron chi connectivity index (χ3n) is 5.95. The van der Waals surface area contributed by atoms with Gasteiger partial charge in [0.2, 0.25) is 0 Å². The molecule has 0 bridgehead atoms. The minimum atomic E-state index is -0.692. The summed E-state index contributed by atoms with van der Waals surface area (Å²) >= 11 is 1.22. The Bertz CT molecular complexity index is 1650. The first-order chi connectivity index (χ1) is 17.5. The molecule has 0 aliphatic carbocycles. The molecule has 0 fully saturated rings. The van der Waals surface area contributed by atoms with Gasteiger partial charge in [0.1, 0.15) is 11.5 Å². The molecule has 1 aliphatic heterocycles. The lowest BCUT2D eigenvalue weighted by Crippen LogP contribution is -2.40. The monoisotopic (exact) mass is 497 g/mol. The molecule has 0 radical (unpaired) electrons. The van der Waals surface area contributed by atoms with Crippen molar-refractivity contribution in [3.63, 3.8) is 0 Å². The van der Waals surface area contributed by atoms with Crippen molar-refractivity contribution in [3.05, 3.63) is 121 Å². The minimum Gasteiger partial charge on any atom is -0.507 e. The van der Waals surface area contributed by atoms with Gasteiger partial charge in [0.15, 0.2) is 4.80 Å². The van der Waals surface area contributed by atoms with Crippen molar-refractivity contribution in [2.45, 2.75) is 13.0 Å². The smallest absolute Gasteiger partial charge is 0.271 e. The fraction of sp³-hybridized carbons (Fsp3) is 0.107. The van der Waals surface area contributed by atoms with Crippen LogP contribution in [0, 0.1) is 0 Å². The first-order valence-corrected chi connectivity index (χ1v) is 12.1. The van der Waals surface area contributed by atoms with Crippen molar-refractivity contribution in [2.24, 2.45) is 4.99 Å². The molecular weight excluding hydrogens is 474 g/mol. The highest BCUT2D eigenvalue weighted by Gasteiger charge is 2.32. The van der Waals surface area contributed by atoms with E-state index in [0.29, 0.717) is 37.6 Å². The summed E-state index contributed by atoms with van der Waals surface area (Å²) in [5.74, 6) is 0.411. The normalized spacial score (nSPS) is 15.3. The number of ether oxygens (including phenoxy) is 1. The van der Waals surface area contributed by atoms with Crippen molar-refractivity contribution in [3.8, 4) is 11.5 Å². The second-order valence-corrected chi connectivity index (χ2v) is 9.24. The number of amides is 1. The number of phenols is 1. The van der Waals surface area contributed by atoms with Gasteiger partial charge in [-0.15, -0.1) is 0 Å². The van der Waals surface area contributed by atoms with E-state index in [1.54, 1.807) is 73.2 Å². The standard InChI is InChI=1S/C28H23N3O4S/c1-17-24(26(33)30-20-9-4-3-5-10-20)25(18-12-14-21(35-2)15-13-18)31-27(34)23(36-28(31)29-17)16-19-8-6-7-11-22(19)32/h3-16,25,32H,1-2H3,(H,30,33)/b23-16+/t25-/m0/s1. The van der Waals surface area contributed by atoms with Gasteiger partial charge in [0, 0.05) is 11.3 Å². The van der Waals surface area contributed by atoms with E-state index < -0.39 is 6.04 Å². The number of fused-ring (bicyclic) bond motifs is 1. The number of para-hydroxylation sites is 2. The SMILES string of the molecule is COc1ccc([C@H]2C(C(=O)Nc3ccccc3)=C(C)N=c3s/c(=C/c4ccccc4O)c(=O)n32)cc1. The molecule has 1 aliphatic rings. The highest BCUT2D eigenvalue weighted by molar-refractivity contribution is 7.07. The van der Waals surface area contributed by atoms with Gasteiger partial charge in [-0.1, -0.05) is 59.9 Å². The Balaban J connectivity index is 1.68. The molecule has 0 unspecified atom stereocenters. The van der Waals surface area contributed by atoms with Crippen molar-refractivity contribution in [1.82, 2.24) is 4.57 Å². The van der Waals surface area contributed by atoms with Crippen LogP contribution in [0.25, 0.3) is 6.08 Å². The number of benzene rings is 3. The molecule has 1 amide bonds. The number of nitrogens with one attached hydrogen (secondary N) is 1. The summed E-state index contributed by atoms with van der Waals surface area (Å²) in [6, 6.07) is 22.6. The maximum atomic E-state index is 13.7. The first-order valence-electron chi connectivity index (χ1n) is 11.3. The molecule has 3 aromatic carbocycles. The molecule has 1 atom stereocenters. The van der Waals surface area contributed by atoms with Crippen molar-refractivity contribution >= 4 is 29.0 Å². The number of aromatic nitrogens is 1. The predicted molar refractivity (Wildman–Crippen MR) is 140 cm³/mol. The number of aromatic hydroxyl groups is 1. The zero-order chi connectivity index (χ0) is 25.2. The average molecular weight is 498 g/mol. The van der Waals surface area contributed by atoms with E-state index in [0.717, 1.165) is 5.56 Å². The van der Waals surface area contributed by atoms with E-state index in [-0.39, 0.29) is 17.2 Å². The molecule has 0 saturated heterocycles. The number of anilines is 1. The molecule has 180 valence electrons. The van der Waals surface area contributed by atoms with E-state index in [9.17, 15) is 14.7 Å². The van der Waals surface area contributed by atoms with Gasteiger partial charge in [-0.25, -0.2) is 4.99 Å². The average Bonchev–Trinajstić information content (AvgIpc) is 3.19. The van der Waals surface area contributed by atoms with Crippen LogP contribution in [0.5, 0.6) is 11.5 Å². The van der Waals surface area contributed by atoms with Crippen LogP contribution in [0.1, 0.15) is 24.1 Å². The number of carbonyl (C=O) groups excluding carboxylic acids is 1. The van der Waals surface area contributed by atoms with Crippen LogP contribution in [-0.4, -0.2) is 22.7 Å². The second-order valence-electron chi connectivity index (χ2n) is 8.23. The van der Waals surface area contributed by atoms with E-state index >= 15 is 0 Å². The minimum absolute atomic E-state index is 0.0779. The van der Waals surface area contributed by atoms with Crippen LogP contribution in [0.15, 0.2) is 99.9 Å². The summed E-state index contributed by atoms with van der Waals surface area (Å²) in [5.41, 5.74) is 2.54. The molecule has 5 rings (SSSR count). The van der Waals surface area contributed by atoms with Gasteiger partial charge in [0.25, 0.3) is 11.5 Å². The molecule has 1 aromatic heterocycles. The Morgan fingerprint density at radius 2 is 1.75 bits per heavy atom. The van der Waals surface area contributed by atoms with Crippen molar-refractivity contribution in [1.29, 1.82) is 0 Å². The Labute approximate surface area is 211 Å². The third-order valence-corrected chi connectivity index (χ3v) is 6.94. The molecule has 2 heterocycles. The topological polar surface area (TPSA) is 92.9 Å². The number of hydrogen-bond donors (Lipinski definition) is 2. The van der Waals surface area contributed by atoms with Gasteiger partial charge in [-0.05, 0) is 48.9 Å². The van der Waals surface area contributed by atoms with E-state index in [1.165, 1.54) is 11.3 Å². The highest BCUT2D eigenvalue weighted by atomic mass is 32.1. The number of nitrogens with zero attached hydrogens (tertiary/aromatic N) is 2. The predicted octanol–water partition coefficient (Wildman–Crippen LogP) is 3.59. The maximum Gasteiger partial charge on any atom is 0.271 e. The molecule has 4 aromatic rings. The zero-order valence-electron chi connectivity index (χ0n) is 19.6. The summed E-state index contributed by atoms with van der Waals surface area (Å²) in [5, 5.41) is 13.1. The summed E-state index contributed by atoms with van der Waals surface area (Å²) in [6.07, 6.45) is 1.65. The lowest BCUT2D eigenvalue weighted by atomic mass is 9.95. The van der Waals surface area contributed by atoms with Gasteiger partial charge < -0.3 is 15.2 Å². The van der Waals surface area contributed by atoms with E-state index in [1.807, 2.05) is 30.3 Å². The lowest BCUT2D eigenvalue weighted by Gasteiger charge is -2.25. The molecule has 2 N–H and O–H groups in total. The largest absolute Gasteiger partial charge is 0.507 e. The first kappa shape index (κ1) is 23.3. The summed E-state index contributed by atoms with van der Waals surface area (Å²) in [7, 11) is 1.58. The van der Waals surface area contributed by atoms with Crippen LogP contribution < -0.4 is 24.9 Å². The molecule has 36 heavy (non-hydrogen) atoms. The number of allylic oxidation sites excluding steroid dienone is 1. The van der Waals surface area contributed by atoms with Gasteiger partial charge >= 0.3 is 0 Å². The molecule has 8 heteroatoms. The van der Waals surface area contributed by atoms with Crippen molar-refractivity contribution in [2.75, 3.05) is 12.4 Å². The second kappa shape index (κ2) is 9.67. The summed E-state index contributed by atoms with van der Waals surface area (Å²) in [6.45, 7) is 1.77. The fourth-order valence-electron chi connectivity index (χ4n) is 4.18. The number of methoxy groups -OCH3 is 1. The van der Waals surface area contributed by atoms with Crippen LogP contribution in [0.3, 0.4) is 0 Å². The fourth-order valence-corrected chi connectivity index (χ4v) is 5.22. The Morgan fingerprint density at radius 1 is 1.06 bits per heavy atom. The van der Waals surface area contributed by atoms with Crippen LogP contribution in [0.4, 0.5) is 5.69 Å². The summed E-state index contributed by atoms with van der Waals surface area (Å²) < 4.78 is 7.26. The van der Waals surface area contributed by atoms with Crippen molar-refractivity contribution < 1.29 is 14.6 Å². The number of hydrogen-bond acceptors (Lipinski definition) is 6. The van der Waals surface area contributed by atoms with Crippen LogP contribution >= 0.6 is 11.3 Å². The van der Waals surface area contributed by atoms with Gasteiger partial charge in [0.05, 0.1) is 29.0 Å². The van der Waals surface area contributed by atoms with Gasteiger partial charge in [-0.2, -0.15) is 0 Å². The molecular formula is C28H23N3O4S. The summed E-state index contributed by atoms with van der Waals surface area (Å²) in [4.78, 5) is 32.4. The Morgan fingerprint density at radius 3 is 2.44 bits per heavy atom. The number of thiazole rings is 1. The molecule has 0 spiro atoms. The third kappa shape index (κ3) is 4.34. The molecule has 0 saturated carbocycles. The lowest BCUT2D eigenvalue weighted by molar-refractivity contribution is -0.113. The van der Waals surface area contributed by atoms with E-state index in [4.69, 9.17) is 4.74 Å². The Kier molecular flexibility index (Phi) is 6.26. The van der Waals surface area contributed by atoms with Crippen LogP contribution in [0.2, 0.25) is 0 Å². The zero-order valence-corrected chi connectivity index (χ0v) is 20.5. The maximum absolute atomic E-state index is 13.7. The number of rotatable bonds is 5. The number of carbonyl (C=O) groups is 1. The highest BCUT2D eigenvalue weighted by Crippen LogP contribution is 2.31. The van der Waals surface area contributed by atoms with Gasteiger partial charge in [-0.3, -0.25) is 14.2 Å².